The van der Waals surface area contributed by atoms with Crippen molar-refractivity contribution in [3.8, 4) is 0 Å². The van der Waals surface area contributed by atoms with E-state index in [1.54, 1.807) is 17.1 Å². The maximum Gasteiger partial charge on any atom is 0.304 e. The summed E-state index contributed by atoms with van der Waals surface area (Å²) in [7, 11) is 1.80. The van der Waals surface area contributed by atoms with Crippen molar-refractivity contribution in [2.24, 2.45) is 7.05 Å². The Balaban J connectivity index is 1.62. The largest absolute Gasteiger partial charge is 0.350 e. The highest BCUT2D eigenvalue weighted by Crippen LogP contribution is 2.37. The second-order valence-electron chi connectivity index (χ2n) is 5.38. The van der Waals surface area contributed by atoms with E-state index in [4.69, 9.17) is 0 Å². The molecule has 7 heteroatoms. The molecular weight excluding hydrogens is 288 g/mol. The molecule has 2 aromatic heterocycles. The number of aromatic nitrogens is 3. The van der Waals surface area contributed by atoms with Gasteiger partial charge in [-0.3, -0.25) is 14.3 Å². The van der Waals surface area contributed by atoms with E-state index in [0.717, 1.165) is 35.4 Å². The van der Waals surface area contributed by atoms with Gasteiger partial charge in [-0.05, 0) is 18.8 Å². The molecule has 2 heterocycles. The number of nitrogens with zero attached hydrogens (tertiary/aromatic N) is 2. The van der Waals surface area contributed by atoms with Crippen molar-refractivity contribution in [1.29, 1.82) is 0 Å². The Hall–Kier alpha value is -1.89. The summed E-state index contributed by atoms with van der Waals surface area (Å²) < 4.78 is 1.65. The van der Waals surface area contributed by atoms with Gasteiger partial charge in [-0.25, -0.2) is 0 Å². The number of H-pyrrole nitrogens is 1. The fraction of sp³-hybridized carbons (Fsp3) is 0.500. The number of hydrogen-bond acceptors (Lipinski definition) is 4. The number of hydrogen-bond donors (Lipinski definition) is 2. The maximum atomic E-state index is 12.3. The van der Waals surface area contributed by atoms with Gasteiger partial charge < -0.3 is 10.3 Å². The normalized spacial score (nSPS) is 14.9. The number of carbonyl (C=O) groups is 1. The lowest BCUT2D eigenvalue weighted by molar-refractivity contribution is 0.0942. The quantitative estimate of drug-likeness (QED) is 0.876. The lowest BCUT2D eigenvalue weighted by Crippen LogP contribution is -2.29. The monoisotopic (exact) mass is 306 g/mol. The van der Waals surface area contributed by atoms with Crippen LogP contribution in [0.5, 0.6) is 0 Å². The minimum Gasteiger partial charge on any atom is -0.350 e. The molecule has 0 aromatic carbocycles. The van der Waals surface area contributed by atoms with Crippen LogP contribution in [0.15, 0.2) is 16.4 Å². The van der Waals surface area contributed by atoms with E-state index in [2.05, 4.69) is 15.4 Å². The highest BCUT2D eigenvalue weighted by atomic mass is 32.1. The Kier molecular flexibility index (Phi) is 3.92. The van der Waals surface area contributed by atoms with Gasteiger partial charge in [0.2, 0.25) is 0 Å². The molecule has 1 amide bonds. The molecule has 6 nitrogen and oxygen atoms in total. The highest BCUT2D eigenvalue weighted by Gasteiger charge is 2.27. The predicted molar refractivity (Wildman–Crippen MR) is 80.8 cm³/mol. The molecule has 21 heavy (non-hydrogen) atoms. The molecule has 0 bridgehead atoms. The van der Waals surface area contributed by atoms with Crippen LogP contribution in [-0.2, 0) is 13.5 Å². The van der Waals surface area contributed by atoms with Crippen molar-refractivity contribution >= 4 is 17.2 Å². The van der Waals surface area contributed by atoms with Gasteiger partial charge in [0.05, 0.1) is 6.20 Å². The Morgan fingerprint density at radius 2 is 2.38 bits per heavy atom. The first-order valence-electron chi connectivity index (χ1n) is 7.12. The Morgan fingerprint density at radius 1 is 1.57 bits per heavy atom. The van der Waals surface area contributed by atoms with Gasteiger partial charge >= 0.3 is 4.87 Å². The van der Waals surface area contributed by atoms with Crippen LogP contribution in [0.1, 0.15) is 46.9 Å². The average molecular weight is 306 g/mol. The number of thiazole rings is 1. The Labute approximate surface area is 126 Å². The predicted octanol–water partition coefficient (Wildman–Crippen LogP) is 1.41. The van der Waals surface area contributed by atoms with E-state index in [0.29, 0.717) is 24.6 Å². The minimum absolute atomic E-state index is 0.0600. The van der Waals surface area contributed by atoms with Crippen LogP contribution in [0.3, 0.4) is 0 Å². The third kappa shape index (κ3) is 2.92. The van der Waals surface area contributed by atoms with Gasteiger partial charge in [0, 0.05) is 36.7 Å². The Morgan fingerprint density at radius 3 is 3.00 bits per heavy atom. The van der Waals surface area contributed by atoms with Crippen molar-refractivity contribution in [2.75, 3.05) is 6.54 Å². The zero-order valence-corrected chi connectivity index (χ0v) is 12.7. The standard InChI is InChI=1S/C14H18N4O2S/c1-18-12(11(7-16-18)9-3-2-4-9)13(19)15-6-5-10-8-21-14(20)17-10/h7-9H,2-6H2,1H3,(H,15,19)(H,17,20). The van der Waals surface area contributed by atoms with Gasteiger partial charge in [-0.2, -0.15) is 5.10 Å². The van der Waals surface area contributed by atoms with Crippen molar-refractivity contribution in [3.63, 3.8) is 0 Å². The molecule has 112 valence electrons. The van der Waals surface area contributed by atoms with Gasteiger partial charge in [0.25, 0.3) is 5.91 Å². The van der Waals surface area contributed by atoms with Gasteiger partial charge in [-0.15, -0.1) is 0 Å². The molecule has 3 rings (SSSR count). The zero-order chi connectivity index (χ0) is 14.8. The fourth-order valence-electron chi connectivity index (χ4n) is 2.58. The average Bonchev–Trinajstić information content (AvgIpc) is 2.94. The van der Waals surface area contributed by atoms with Crippen LogP contribution in [0.4, 0.5) is 0 Å². The number of rotatable bonds is 5. The van der Waals surface area contributed by atoms with Crippen LogP contribution < -0.4 is 10.2 Å². The number of nitrogens with one attached hydrogen (secondary N) is 2. The van der Waals surface area contributed by atoms with Gasteiger partial charge in [-0.1, -0.05) is 17.8 Å². The highest BCUT2D eigenvalue weighted by molar-refractivity contribution is 7.07. The molecule has 1 aliphatic carbocycles. The number of amides is 1. The topological polar surface area (TPSA) is 79.8 Å². The summed E-state index contributed by atoms with van der Waals surface area (Å²) >= 11 is 1.14. The summed E-state index contributed by atoms with van der Waals surface area (Å²) in [5.74, 6) is 0.391. The van der Waals surface area contributed by atoms with E-state index in [-0.39, 0.29) is 10.8 Å². The second kappa shape index (κ2) is 5.85. The van der Waals surface area contributed by atoms with Gasteiger partial charge in [0.1, 0.15) is 5.69 Å². The minimum atomic E-state index is -0.0884. The molecule has 1 aliphatic rings. The fourth-order valence-corrected chi connectivity index (χ4v) is 3.20. The number of carbonyl (C=O) groups excluding carboxylic acids is 1. The molecule has 2 aromatic rings. The zero-order valence-electron chi connectivity index (χ0n) is 11.9. The molecular formula is C14H18N4O2S. The van der Waals surface area contributed by atoms with Crippen LogP contribution in [0.2, 0.25) is 0 Å². The Bertz CT molecular complexity index is 696. The summed E-state index contributed by atoms with van der Waals surface area (Å²) in [6.07, 6.45) is 5.95. The molecule has 0 radical (unpaired) electrons. The summed E-state index contributed by atoms with van der Waals surface area (Å²) in [5, 5.41) is 8.92. The van der Waals surface area contributed by atoms with Gasteiger partial charge in [0.15, 0.2) is 0 Å². The van der Waals surface area contributed by atoms with Crippen molar-refractivity contribution in [2.45, 2.75) is 31.6 Å². The number of aryl methyl sites for hydroxylation is 1. The van der Waals surface area contributed by atoms with Crippen LogP contribution >= 0.6 is 11.3 Å². The maximum absolute atomic E-state index is 12.3. The molecule has 2 N–H and O–H groups in total. The lowest BCUT2D eigenvalue weighted by Gasteiger charge is -2.25. The van der Waals surface area contributed by atoms with Crippen molar-refractivity contribution in [3.05, 3.63) is 38.2 Å². The second-order valence-corrected chi connectivity index (χ2v) is 6.22. The summed E-state index contributed by atoms with van der Waals surface area (Å²) in [6, 6.07) is 0. The summed E-state index contributed by atoms with van der Waals surface area (Å²) in [6.45, 7) is 0.501. The third-order valence-corrected chi connectivity index (χ3v) is 4.70. The molecule has 1 fully saturated rings. The lowest BCUT2D eigenvalue weighted by atomic mass is 9.80. The molecule has 0 unspecified atom stereocenters. The van der Waals surface area contributed by atoms with E-state index in [9.17, 15) is 9.59 Å². The molecule has 0 aliphatic heterocycles. The van der Waals surface area contributed by atoms with Crippen LogP contribution in [0, 0.1) is 0 Å². The summed E-state index contributed by atoms with van der Waals surface area (Å²) in [5.41, 5.74) is 2.58. The molecule has 0 atom stereocenters. The van der Waals surface area contributed by atoms with Crippen LogP contribution in [0.25, 0.3) is 0 Å². The van der Waals surface area contributed by atoms with E-state index in [1.165, 1.54) is 6.42 Å². The first kappa shape index (κ1) is 14.1. The van der Waals surface area contributed by atoms with Crippen LogP contribution in [-0.4, -0.2) is 27.2 Å². The van der Waals surface area contributed by atoms with Crippen molar-refractivity contribution in [1.82, 2.24) is 20.1 Å². The molecule has 0 spiro atoms. The van der Waals surface area contributed by atoms with E-state index < -0.39 is 0 Å². The summed E-state index contributed by atoms with van der Waals surface area (Å²) in [4.78, 5) is 26.1. The molecule has 1 saturated carbocycles. The molecule has 0 saturated heterocycles. The van der Waals surface area contributed by atoms with E-state index >= 15 is 0 Å². The SMILES string of the molecule is Cn1ncc(C2CCC2)c1C(=O)NCCc1csc(=O)[nH]1. The first-order chi connectivity index (χ1) is 10.1. The van der Waals surface area contributed by atoms with E-state index in [1.807, 2.05) is 6.20 Å². The smallest absolute Gasteiger partial charge is 0.304 e. The first-order valence-corrected chi connectivity index (χ1v) is 8.00. The third-order valence-electron chi connectivity index (χ3n) is 3.98. The number of aromatic amines is 1. The van der Waals surface area contributed by atoms with Crippen molar-refractivity contribution < 1.29 is 4.79 Å².